The van der Waals surface area contributed by atoms with Gasteiger partial charge in [0.15, 0.2) is 0 Å². The predicted octanol–water partition coefficient (Wildman–Crippen LogP) is 1.55. The van der Waals surface area contributed by atoms with E-state index in [1.807, 2.05) is 4.90 Å². The van der Waals surface area contributed by atoms with E-state index in [-0.39, 0.29) is 12.5 Å². The number of carbonyl (C=O) groups excluding carboxylic acids is 1. The number of rotatable bonds is 4. The number of aryl methyl sites for hydroxylation is 1. The van der Waals surface area contributed by atoms with Crippen molar-refractivity contribution in [3.63, 3.8) is 0 Å². The van der Waals surface area contributed by atoms with Gasteiger partial charge in [0.05, 0.1) is 5.39 Å². The molecule has 6 nitrogen and oxygen atoms in total. The number of thiophene rings is 1. The Labute approximate surface area is 133 Å². The molecule has 7 heteroatoms. The average molecular weight is 320 g/mol. The smallest absolute Gasteiger partial charge is 0.248 e. The second kappa shape index (κ2) is 6.58. The second-order valence-electron chi connectivity index (χ2n) is 5.28. The Balaban J connectivity index is 1.76. The molecule has 0 unspecified atom stereocenters. The minimum atomic E-state index is 0.0544. The molecular formula is C15H20N4O2S. The maximum absolute atomic E-state index is 11.9. The Hall–Kier alpha value is -1.73. The highest BCUT2D eigenvalue weighted by Crippen LogP contribution is 2.30. The van der Waals surface area contributed by atoms with E-state index in [4.69, 9.17) is 4.74 Å². The molecule has 1 fully saturated rings. The quantitative estimate of drug-likeness (QED) is 0.855. The number of piperazine rings is 1. The number of hydrogen-bond donors (Lipinski definition) is 0. The number of nitrogens with zero attached hydrogens (tertiary/aromatic N) is 4. The van der Waals surface area contributed by atoms with Gasteiger partial charge in [0, 0.05) is 38.2 Å². The van der Waals surface area contributed by atoms with Crippen molar-refractivity contribution in [2.75, 3.05) is 44.8 Å². The van der Waals surface area contributed by atoms with Gasteiger partial charge in [-0.2, -0.15) is 0 Å². The highest BCUT2D eigenvalue weighted by atomic mass is 32.1. The van der Waals surface area contributed by atoms with Crippen LogP contribution in [-0.2, 0) is 16.0 Å². The van der Waals surface area contributed by atoms with Crippen molar-refractivity contribution in [1.82, 2.24) is 14.9 Å². The number of anilines is 1. The monoisotopic (exact) mass is 320 g/mol. The van der Waals surface area contributed by atoms with Gasteiger partial charge in [0.2, 0.25) is 5.91 Å². The van der Waals surface area contributed by atoms with Gasteiger partial charge >= 0.3 is 0 Å². The molecule has 0 saturated carbocycles. The molecule has 1 amide bonds. The van der Waals surface area contributed by atoms with Crippen molar-refractivity contribution in [3.8, 4) is 0 Å². The molecule has 2 aromatic rings. The molecule has 0 radical (unpaired) electrons. The topological polar surface area (TPSA) is 58.6 Å². The first-order valence-electron chi connectivity index (χ1n) is 7.48. The predicted molar refractivity (Wildman–Crippen MR) is 87.5 cm³/mol. The first-order chi connectivity index (χ1) is 10.7. The molecule has 22 heavy (non-hydrogen) atoms. The van der Waals surface area contributed by atoms with Crippen LogP contribution >= 0.6 is 11.3 Å². The zero-order valence-corrected chi connectivity index (χ0v) is 13.7. The van der Waals surface area contributed by atoms with Gasteiger partial charge in [-0.3, -0.25) is 4.79 Å². The highest BCUT2D eigenvalue weighted by molar-refractivity contribution is 7.18. The standard InChI is InChI=1S/C15H20N4O2S/c1-3-11-8-12-14(16-10-17-15(12)22-11)19-6-4-18(5-7-19)13(20)9-21-2/h8,10H,3-7,9H2,1-2H3. The number of amides is 1. The van der Waals surface area contributed by atoms with E-state index >= 15 is 0 Å². The van der Waals surface area contributed by atoms with E-state index < -0.39 is 0 Å². The van der Waals surface area contributed by atoms with Crippen molar-refractivity contribution in [3.05, 3.63) is 17.3 Å². The van der Waals surface area contributed by atoms with Gasteiger partial charge in [-0.05, 0) is 12.5 Å². The first kappa shape index (κ1) is 15.2. The molecular weight excluding hydrogens is 300 g/mol. The van der Waals surface area contributed by atoms with Crippen LogP contribution in [0.1, 0.15) is 11.8 Å². The summed E-state index contributed by atoms with van der Waals surface area (Å²) in [5.41, 5.74) is 0. The third kappa shape index (κ3) is 2.91. The third-order valence-electron chi connectivity index (χ3n) is 3.91. The summed E-state index contributed by atoms with van der Waals surface area (Å²) in [6.45, 7) is 5.30. The van der Waals surface area contributed by atoms with E-state index in [2.05, 4.69) is 27.9 Å². The molecule has 3 rings (SSSR count). The van der Waals surface area contributed by atoms with Gasteiger partial charge < -0.3 is 14.5 Å². The first-order valence-corrected chi connectivity index (χ1v) is 8.29. The zero-order chi connectivity index (χ0) is 15.5. The van der Waals surface area contributed by atoms with Crippen molar-refractivity contribution >= 4 is 33.3 Å². The lowest BCUT2D eigenvalue weighted by Gasteiger charge is -2.35. The van der Waals surface area contributed by atoms with Gasteiger partial charge in [-0.25, -0.2) is 9.97 Å². The normalized spacial score (nSPS) is 15.5. The second-order valence-corrected chi connectivity index (χ2v) is 6.40. The Kier molecular flexibility index (Phi) is 4.54. The molecule has 2 aromatic heterocycles. The van der Waals surface area contributed by atoms with Gasteiger partial charge in [-0.1, -0.05) is 6.92 Å². The van der Waals surface area contributed by atoms with E-state index in [0.717, 1.165) is 35.5 Å². The van der Waals surface area contributed by atoms with E-state index in [9.17, 15) is 4.79 Å². The van der Waals surface area contributed by atoms with Gasteiger partial charge in [0.1, 0.15) is 23.6 Å². The summed E-state index contributed by atoms with van der Waals surface area (Å²) in [4.78, 5) is 27.2. The summed E-state index contributed by atoms with van der Waals surface area (Å²) < 4.78 is 4.92. The van der Waals surface area contributed by atoms with Crippen LogP contribution in [0.4, 0.5) is 5.82 Å². The summed E-state index contributed by atoms with van der Waals surface area (Å²) in [6, 6.07) is 2.19. The fraction of sp³-hybridized carbons (Fsp3) is 0.533. The fourth-order valence-corrected chi connectivity index (χ4v) is 3.63. The summed E-state index contributed by atoms with van der Waals surface area (Å²) in [5, 5.41) is 1.13. The van der Waals surface area contributed by atoms with Crippen LogP contribution in [0.25, 0.3) is 10.2 Å². The minimum Gasteiger partial charge on any atom is -0.375 e. The Bertz CT molecular complexity index is 665. The van der Waals surface area contributed by atoms with E-state index in [1.165, 1.54) is 4.88 Å². The van der Waals surface area contributed by atoms with Crippen molar-refractivity contribution in [2.45, 2.75) is 13.3 Å². The van der Waals surface area contributed by atoms with Gasteiger partial charge in [-0.15, -0.1) is 11.3 Å². The number of ether oxygens (including phenoxy) is 1. The Morgan fingerprint density at radius 3 is 2.77 bits per heavy atom. The summed E-state index contributed by atoms with van der Waals surface area (Å²) in [7, 11) is 1.55. The number of hydrogen-bond acceptors (Lipinski definition) is 6. The largest absolute Gasteiger partial charge is 0.375 e. The van der Waals surface area contributed by atoms with Crippen LogP contribution in [0.15, 0.2) is 12.4 Å². The number of methoxy groups -OCH3 is 1. The molecule has 0 aromatic carbocycles. The number of aromatic nitrogens is 2. The van der Waals surface area contributed by atoms with Crippen molar-refractivity contribution in [2.24, 2.45) is 0 Å². The maximum atomic E-state index is 11.9. The van der Waals surface area contributed by atoms with Crippen molar-refractivity contribution < 1.29 is 9.53 Å². The lowest BCUT2D eigenvalue weighted by Crippen LogP contribution is -2.50. The molecule has 0 bridgehead atoms. The van der Waals surface area contributed by atoms with Crippen LogP contribution < -0.4 is 4.90 Å². The molecule has 0 aliphatic carbocycles. The Morgan fingerprint density at radius 2 is 2.09 bits per heavy atom. The zero-order valence-electron chi connectivity index (χ0n) is 12.9. The number of fused-ring (bicyclic) bond motifs is 1. The lowest BCUT2D eigenvalue weighted by atomic mass is 10.2. The van der Waals surface area contributed by atoms with Gasteiger partial charge in [0.25, 0.3) is 0 Å². The Morgan fingerprint density at radius 1 is 1.32 bits per heavy atom. The molecule has 0 spiro atoms. The molecule has 1 aliphatic heterocycles. The van der Waals surface area contributed by atoms with Crippen LogP contribution in [0.2, 0.25) is 0 Å². The third-order valence-corrected chi connectivity index (χ3v) is 5.09. The summed E-state index contributed by atoms with van der Waals surface area (Å²) >= 11 is 1.73. The van der Waals surface area contributed by atoms with Crippen molar-refractivity contribution in [1.29, 1.82) is 0 Å². The van der Waals surface area contributed by atoms with Crippen LogP contribution in [0.3, 0.4) is 0 Å². The molecule has 1 saturated heterocycles. The van der Waals surface area contributed by atoms with Crippen LogP contribution in [0.5, 0.6) is 0 Å². The highest BCUT2D eigenvalue weighted by Gasteiger charge is 2.23. The summed E-state index contributed by atoms with van der Waals surface area (Å²) in [5.74, 6) is 1.04. The molecule has 0 atom stereocenters. The van der Waals surface area contributed by atoms with Crippen LogP contribution in [-0.4, -0.2) is 60.7 Å². The number of carbonyl (C=O) groups is 1. The van der Waals surface area contributed by atoms with Crippen LogP contribution in [0, 0.1) is 0 Å². The fourth-order valence-electron chi connectivity index (χ4n) is 2.70. The molecule has 3 heterocycles. The van der Waals surface area contributed by atoms with E-state index in [1.54, 1.807) is 24.8 Å². The summed E-state index contributed by atoms with van der Waals surface area (Å²) in [6.07, 6.45) is 2.65. The maximum Gasteiger partial charge on any atom is 0.248 e. The SMILES string of the molecule is CCc1cc2c(N3CCN(C(=O)COC)CC3)ncnc2s1. The molecule has 118 valence electrons. The molecule has 1 aliphatic rings. The lowest BCUT2D eigenvalue weighted by molar-refractivity contribution is -0.135. The minimum absolute atomic E-state index is 0.0544. The van der Waals surface area contributed by atoms with E-state index in [0.29, 0.717) is 13.1 Å². The average Bonchev–Trinajstić information content (AvgIpc) is 2.98. The molecule has 0 N–H and O–H groups in total.